The van der Waals surface area contributed by atoms with Crippen LogP contribution in [0.5, 0.6) is 0 Å². The van der Waals surface area contributed by atoms with E-state index in [1.807, 2.05) is 0 Å². The van der Waals surface area contributed by atoms with Gasteiger partial charge in [0, 0.05) is 37.0 Å². The summed E-state index contributed by atoms with van der Waals surface area (Å²) in [6, 6.07) is 0. The molecule has 254 valence electrons. The molecule has 46 heavy (non-hydrogen) atoms. The topological polar surface area (TPSA) is 238 Å². The molecule has 3 saturated carbocycles. The predicted molar refractivity (Wildman–Crippen MR) is 151 cm³/mol. The van der Waals surface area contributed by atoms with E-state index >= 15 is 0 Å². The highest BCUT2D eigenvalue weighted by molar-refractivity contribution is 5.92. The number of aliphatic hydroxyl groups excluding tert-OH is 5. The lowest BCUT2D eigenvalue weighted by molar-refractivity contribution is -0.245. The van der Waals surface area contributed by atoms with Crippen LogP contribution in [0.1, 0.15) is 48.0 Å². The predicted octanol–water partition coefficient (Wildman–Crippen LogP) is -1.80. The number of ketones is 3. The Kier molecular flexibility index (Phi) is 7.39. The van der Waals surface area contributed by atoms with Crippen molar-refractivity contribution in [2.24, 2.45) is 51.8 Å². The fourth-order valence-corrected chi connectivity index (χ4v) is 11.0. The quantitative estimate of drug-likeness (QED) is 0.137. The van der Waals surface area contributed by atoms with Gasteiger partial charge in [-0.15, -0.1) is 0 Å². The molecular weight excluding hydrogens is 608 g/mol. The Hall–Kier alpha value is -2.59. The second-order valence-electron chi connectivity index (χ2n) is 14.6. The Bertz CT molecular complexity index is 1440. The van der Waals surface area contributed by atoms with E-state index in [0.717, 1.165) is 20.8 Å². The molecule has 6 aliphatic rings. The van der Waals surface area contributed by atoms with Gasteiger partial charge in [-0.05, 0) is 45.6 Å². The van der Waals surface area contributed by atoms with E-state index in [2.05, 4.69) is 0 Å². The maximum Gasteiger partial charge on any atom is 0.343 e. The average Bonchev–Trinajstić information content (AvgIpc) is 3.64. The molecule has 6 rings (SSSR count). The van der Waals surface area contributed by atoms with Crippen LogP contribution in [0.2, 0.25) is 0 Å². The third-order valence-corrected chi connectivity index (χ3v) is 13.0. The molecule has 0 aromatic rings. The van der Waals surface area contributed by atoms with E-state index in [1.165, 1.54) is 19.9 Å². The van der Waals surface area contributed by atoms with Crippen molar-refractivity contribution in [1.82, 2.24) is 0 Å². The first-order chi connectivity index (χ1) is 21.3. The number of ether oxygens (including phenoxy) is 3. The normalized spacial score (nSPS) is 53.5. The van der Waals surface area contributed by atoms with Gasteiger partial charge >= 0.3 is 11.9 Å². The number of carbonyl (C=O) groups is 5. The van der Waals surface area contributed by atoms with Gasteiger partial charge in [0.1, 0.15) is 42.2 Å². The van der Waals surface area contributed by atoms with Crippen molar-refractivity contribution in [2.75, 3.05) is 6.61 Å². The second-order valence-corrected chi connectivity index (χ2v) is 14.6. The number of aliphatic hydroxyl groups is 6. The molecule has 5 fully saturated rings. The molecule has 4 aliphatic carbocycles. The second kappa shape index (κ2) is 10.2. The molecule has 0 spiro atoms. The van der Waals surface area contributed by atoms with Crippen LogP contribution in [-0.4, -0.2) is 115 Å². The summed E-state index contributed by atoms with van der Waals surface area (Å²) < 4.78 is 16.7. The zero-order chi connectivity index (χ0) is 34.2. The highest BCUT2D eigenvalue weighted by Crippen LogP contribution is 2.73. The Morgan fingerprint density at radius 2 is 1.54 bits per heavy atom. The monoisotopic (exact) mass is 650 g/mol. The van der Waals surface area contributed by atoms with E-state index in [1.54, 1.807) is 6.92 Å². The number of Topliss-reactive ketones (excluding diaryl/α,β-unsaturated/α-hetero) is 3. The summed E-state index contributed by atoms with van der Waals surface area (Å²) in [6.45, 7) is 6.40. The van der Waals surface area contributed by atoms with Crippen molar-refractivity contribution in [3.63, 3.8) is 0 Å². The van der Waals surface area contributed by atoms with Crippen LogP contribution >= 0.6 is 0 Å². The zero-order valence-corrected chi connectivity index (χ0v) is 26.4. The van der Waals surface area contributed by atoms with Crippen molar-refractivity contribution >= 4 is 29.3 Å². The molecule has 0 amide bonds. The van der Waals surface area contributed by atoms with Gasteiger partial charge in [0.05, 0.1) is 40.7 Å². The number of fused-ring (bicyclic) bond motifs is 6. The Morgan fingerprint density at radius 1 is 0.935 bits per heavy atom. The molecule has 0 aromatic heterocycles. The number of carbonyl (C=O) groups excluding carboxylic acids is 5. The van der Waals surface area contributed by atoms with Gasteiger partial charge in [-0.25, -0.2) is 4.79 Å². The first kappa shape index (κ1) is 33.3. The van der Waals surface area contributed by atoms with E-state index in [9.17, 15) is 54.6 Å². The van der Waals surface area contributed by atoms with E-state index < -0.39 is 136 Å². The maximum absolute atomic E-state index is 14.2. The third-order valence-electron chi connectivity index (χ3n) is 13.0. The largest absolute Gasteiger partial charge is 0.459 e. The number of allylic oxidation sites excluding steroid dienone is 1. The summed E-state index contributed by atoms with van der Waals surface area (Å²) in [7, 11) is 0. The van der Waals surface area contributed by atoms with E-state index in [4.69, 9.17) is 14.2 Å². The lowest BCUT2D eigenvalue weighted by Crippen LogP contribution is -2.74. The van der Waals surface area contributed by atoms with Gasteiger partial charge in [-0.3, -0.25) is 19.2 Å². The number of rotatable bonds is 6. The lowest BCUT2D eigenvalue weighted by atomic mass is 9.43. The summed E-state index contributed by atoms with van der Waals surface area (Å²) in [5.41, 5.74) is -8.36. The Labute approximate surface area is 264 Å². The Morgan fingerprint density at radius 3 is 2.09 bits per heavy atom. The maximum atomic E-state index is 14.2. The molecule has 6 N–H and O–H groups in total. The molecule has 17 atom stereocenters. The summed E-state index contributed by atoms with van der Waals surface area (Å²) in [5, 5.41) is 70.3. The molecule has 0 aromatic carbocycles. The highest BCUT2D eigenvalue weighted by Gasteiger charge is 2.83. The van der Waals surface area contributed by atoms with Gasteiger partial charge in [-0.2, -0.15) is 0 Å². The minimum absolute atomic E-state index is 0.0375. The van der Waals surface area contributed by atoms with Gasteiger partial charge in [-0.1, -0.05) is 6.92 Å². The van der Waals surface area contributed by atoms with Gasteiger partial charge in [0.15, 0.2) is 11.4 Å². The van der Waals surface area contributed by atoms with E-state index in [-0.39, 0.29) is 12.2 Å². The van der Waals surface area contributed by atoms with Gasteiger partial charge in [0.25, 0.3) is 0 Å². The van der Waals surface area contributed by atoms with Crippen LogP contribution in [0, 0.1) is 51.8 Å². The van der Waals surface area contributed by atoms with Crippen molar-refractivity contribution in [1.29, 1.82) is 0 Å². The molecule has 2 heterocycles. The first-order valence-electron chi connectivity index (χ1n) is 15.7. The van der Waals surface area contributed by atoms with Crippen LogP contribution in [0.15, 0.2) is 11.8 Å². The van der Waals surface area contributed by atoms with Crippen LogP contribution in [0.3, 0.4) is 0 Å². The minimum Gasteiger partial charge on any atom is -0.459 e. The molecule has 14 nitrogen and oxygen atoms in total. The van der Waals surface area contributed by atoms with Crippen LogP contribution < -0.4 is 0 Å². The van der Waals surface area contributed by atoms with Crippen LogP contribution in [0.4, 0.5) is 0 Å². The van der Waals surface area contributed by atoms with Gasteiger partial charge < -0.3 is 44.8 Å². The fourth-order valence-electron chi connectivity index (χ4n) is 11.0. The zero-order valence-electron chi connectivity index (χ0n) is 26.4. The standard InChI is InChI=1S/C32H42O14/c1-10-7-17-29(5,30(6,43)28(42)46-17)22-19(10)32(12(3)35)20(23(22)39)18(14(37)9-33)21(25(27(32)41)44-13(4)36)31(11(2)34)16(38)8-15-24(45-15)26(31)40/h7,10,15-16,18-27,33,38-41,43H,8-9H2,1-6H3. The van der Waals surface area contributed by atoms with Crippen molar-refractivity contribution < 1.29 is 68.8 Å². The summed E-state index contributed by atoms with van der Waals surface area (Å²) in [6.07, 6.45) is -9.31. The van der Waals surface area contributed by atoms with Crippen molar-refractivity contribution in [3.8, 4) is 0 Å². The third kappa shape index (κ3) is 3.63. The molecule has 0 radical (unpaired) electrons. The van der Waals surface area contributed by atoms with Crippen molar-refractivity contribution in [2.45, 2.75) is 96.3 Å². The van der Waals surface area contributed by atoms with Gasteiger partial charge in [0.2, 0.25) is 0 Å². The van der Waals surface area contributed by atoms with E-state index in [0.29, 0.717) is 0 Å². The number of epoxide rings is 1. The number of hydrogen-bond acceptors (Lipinski definition) is 14. The number of esters is 2. The molecule has 2 aliphatic heterocycles. The number of hydrogen-bond donors (Lipinski definition) is 6. The molecule has 14 heteroatoms. The van der Waals surface area contributed by atoms with Crippen LogP contribution in [0.25, 0.3) is 0 Å². The highest BCUT2D eigenvalue weighted by atomic mass is 16.6. The Balaban J connectivity index is 1.68. The fraction of sp³-hybridized carbons (Fsp3) is 0.781. The average molecular weight is 651 g/mol. The minimum atomic E-state index is -2.32. The molecular formula is C32H42O14. The lowest BCUT2D eigenvalue weighted by Gasteiger charge is -2.60. The summed E-state index contributed by atoms with van der Waals surface area (Å²) in [4.78, 5) is 67.8. The molecule has 17 unspecified atom stereocenters. The molecule has 2 saturated heterocycles. The first-order valence-corrected chi connectivity index (χ1v) is 15.7. The smallest absolute Gasteiger partial charge is 0.343 e. The SMILES string of the molecule is CC(=O)OC1C(O)C2(C(C)=O)C(C(O)C3C2C(C)C=C2OC(=O)C(C)(O)C23C)C(C(=O)CO)C1C1(C(C)=O)C(O)CC2OC2C1O. The molecule has 0 bridgehead atoms. The van der Waals surface area contributed by atoms with Crippen LogP contribution in [-0.2, 0) is 38.2 Å². The van der Waals surface area contributed by atoms with Crippen molar-refractivity contribution in [3.05, 3.63) is 11.8 Å². The summed E-state index contributed by atoms with van der Waals surface area (Å²) >= 11 is 0. The summed E-state index contributed by atoms with van der Waals surface area (Å²) in [5.74, 6) is -12.7.